The Morgan fingerprint density at radius 3 is 2.55 bits per heavy atom. The van der Waals surface area contributed by atoms with Crippen molar-refractivity contribution >= 4 is 17.3 Å². The largest absolute Gasteiger partial charge is 0.399 e. The summed E-state index contributed by atoms with van der Waals surface area (Å²) in [6.07, 6.45) is 5.74. The lowest BCUT2D eigenvalue weighted by atomic mass is 10.2. The minimum absolute atomic E-state index is 0.127. The summed E-state index contributed by atoms with van der Waals surface area (Å²) in [5.41, 5.74) is 7.52. The maximum atomic E-state index is 12.1. The molecule has 0 aliphatic heterocycles. The van der Waals surface area contributed by atoms with Crippen molar-refractivity contribution < 1.29 is 4.79 Å². The fraction of sp³-hybridized carbons (Fsp3) is 0.562. The first-order valence-corrected chi connectivity index (χ1v) is 7.59. The highest BCUT2D eigenvalue weighted by atomic mass is 16.2. The number of anilines is 2. The second-order valence-electron chi connectivity index (χ2n) is 5.56. The van der Waals surface area contributed by atoms with Crippen molar-refractivity contribution in [3.63, 3.8) is 0 Å². The highest BCUT2D eigenvalue weighted by Crippen LogP contribution is 2.19. The number of hydrogen-bond donors (Lipinski definition) is 2. The van der Waals surface area contributed by atoms with E-state index in [1.165, 1.54) is 12.8 Å². The van der Waals surface area contributed by atoms with E-state index in [0.717, 1.165) is 37.2 Å². The van der Waals surface area contributed by atoms with Gasteiger partial charge < -0.3 is 16.0 Å². The van der Waals surface area contributed by atoms with Crippen LogP contribution in [0.25, 0.3) is 0 Å². The van der Waals surface area contributed by atoms with Gasteiger partial charge in [-0.05, 0) is 43.5 Å². The fourth-order valence-corrected chi connectivity index (χ4v) is 2.77. The molecule has 1 aliphatic rings. The van der Waals surface area contributed by atoms with Crippen LogP contribution in [0.1, 0.15) is 39.0 Å². The smallest absolute Gasteiger partial charge is 0.239 e. The second kappa shape index (κ2) is 7.17. The molecule has 2 rings (SSSR count). The molecule has 1 aliphatic carbocycles. The van der Waals surface area contributed by atoms with E-state index >= 15 is 0 Å². The molecule has 0 bridgehead atoms. The van der Waals surface area contributed by atoms with E-state index in [-0.39, 0.29) is 5.91 Å². The fourth-order valence-electron chi connectivity index (χ4n) is 2.77. The quantitative estimate of drug-likeness (QED) is 0.784. The highest BCUT2D eigenvalue weighted by molar-refractivity contribution is 5.81. The first kappa shape index (κ1) is 14.7. The lowest BCUT2D eigenvalue weighted by Crippen LogP contribution is -2.41. The Morgan fingerprint density at radius 2 is 1.95 bits per heavy atom. The van der Waals surface area contributed by atoms with Crippen LogP contribution in [-0.4, -0.2) is 25.0 Å². The molecule has 1 fully saturated rings. The number of nitrogens with zero attached hydrogens (tertiary/aromatic N) is 1. The van der Waals surface area contributed by atoms with Gasteiger partial charge >= 0.3 is 0 Å². The average Bonchev–Trinajstić information content (AvgIpc) is 2.92. The van der Waals surface area contributed by atoms with Gasteiger partial charge in [0.2, 0.25) is 5.91 Å². The standard InChI is InChI=1S/C16H25N3O/c1-2-11-19(15-9-7-13(17)8-10-15)12-16(20)18-14-5-3-4-6-14/h7-10,14H,2-6,11-12,17H2,1H3,(H,18,20). The van der Waals surface area contributed by atoms with Crippen molar-refractivity contribution in [3.05, 3.63) is 24.3 Å². The van der Waals surface area contributed by atoms with E-state index in [9.17, 15) is 4.79 Å². The van der Waals surface area contributed by atoms with Gasteiger partial charge in [0.25, 0.3) is 0 Å². The molecule has 0 radical (unpaired) electrons. The number of amides is 1. The van der Waals surface area contributed by atoms with Crippen molar-refractivity contribution in [2.24, 2.45) is 0 Å². The van der Waals surface area contributed by atoms with Crippen LogP contribution in [0, 0.1) is 0 Å². The molecular formula is C16H25N3O. The molecule has 20 heavy (non-hydrogen) atoms. The summed E-state index contributed by atoms with van der Waals surface area (Å²) in [5.74, 6) is 0.127. The molecule has 110 valence electrons. The lowest BCUT2D eigenvalue weighted by molar-refractivity contribution is -0.120. The summed E-state index contributed by atoms with van der Waals surface area (Å²) < 4.78 is 0. The van der Waals surface area contributed by atoms with Crippen LogP contribution in [0.4, 0.5) is 11.4 Å². The molecule has 0 heterocycles. The summed E-state index contributed by atoms with van der Waals surface area (Å²) in [5, 5.41) is 3.14. The van der Waals surface area contributed by atoms with Gasteiger partial charge in [0, 0.05) is 24.0 Å². The van der Waals surface area contributed by atoms with Crippen molar-refractivity contribution in [1.82, 2.24) is 5.32 Å². The number of carbonyl (C=O) groups excluding carboxylic acids is 1. The summed E-state index contributed by atoms with van der Waals surface area (Å²) in [6.45, 7) is 3.43. The Balaban J connectivity index is 1.93. The molecule has 0 unspecified atom stereocenters. The predicted octanol–water partition coefficient (Wildman–Crippen LogP) is 2.54. The molecule has 1 aromatic carbocycles. The van der Waals surface area contributed by atoms with Crippen molar-refractivity contribution in [2.45, 2.75) is 45.1 Å². The third-order valence-electron chi connectivity index (χ3n) is 3.81. The third-order valence-corrected chi connectivity index (χ3v) is 3.81. The molecule has 0 spiro atoms. The van der Waals surface area contributed by atoms with Crippen molar-refractivity contribution in [2.75, 3.05) is 23.7 Å². The average molecular weight is 275 g/mol. The zero-order valence-corrected chi connectivity index (χ0v) is 12.3. The van der Waals surface area contributed by atoms with Gasteiger partial charge in [0.1, 0.15) is 0 Å². The monoisotopic (exact) mass is 275 g/mol. The number of carbonyl (C=O) groups is 1. The normalized spacial score (nSPS) is 15.2. The zero-order valence-electron chi connectivity index (χ0n) is 12.3. The summed E-state index contributed by atoms with van der Waals surface area (Å²) in [4.78, 5) is 14.3. The molecule has 1 amide bonds. The first-order valence-electron chi connectivity index (χ1n) is 7.59. The van der Waals surface area contributed by atoms with E-state index in [4.69, 9.17) is 5.73 Å². The Hall–Kier alpha value is -1.71. The van der Waals surface area contributed by atoms with Gasteiger partial charge in [0.05, 0.1) is 6.54 Å². The van der Waals surface area contributed by atoms with Crippen LogP contribution in [0.15, 0.2) is 24.3 Å². The van der Waals surface area contributed by atoms with Crippen molar-refractivity contribution in [1.29, 1.82) is 0 Å². The molecular weight excluding hydrogens is 250 g/mol. The number of nitrogens with one attached hydrogen (secondary N) is 1. The number of benzene rings is 1. The van der Waals surface area contributed by atoms with Crippen LogP contribution < -0.4 is 16.0 Å². The van der Waals surface area contributed by atoms with Crippen LogP contribution in [0.2, 0.25) is 0 Å². The lowest BCUT2D eigenvalue weighted by Gasteiger charge is -2.24. The molecule has 1 aromatic rings. The molecule has 0 atom stereocenters. The molecule has 4 nitrogen and oxygen atoms in total. The number of nitrogen functional groups attached to an aromatic ring is 1. The summed E-state index contributed by atoms with van der Waals surface area (Å²) >= 11 is 0. The molecule has 3 N–H and O–H groups in total. The van der Waals surface area contributed by atoms with Crippen LogP contribution in [-0.2, 0) is 4.79 Å². The van der Waals surface area contributed by atoms with Gasteiger partial charge in [0.15, 0.2) is 0 Å². The van der Waals surface area contributed by atoms with Crippen molar-refractivity contribution in [3.8, 4) is 0 Å². The molecule has 0 aromatic heterocycles. The highest BCUT2D eigenvalue weighted by Gasteiger charge is 2.18. The Morgan fingerprint density at radius 1 is 1.30 bits per heavy atom. The zero-order chi connectivity index (χ0) is 14.4. The summed E-state index contributed by atoms with van der Waals surface area (Å²) in [7, 11) is 0. The van der Waals surface area contributed by atoms with Crippen LogP contribution >= 0.6 is 0 Å². The van der Waals surface area contributed by atoms with Crippen LogP contribution in [0.3, 0.4) is 0 Å². The molecule has 4 heteroatoms. The Bertz CT molecular complexity index is 424. The van der Waals surface area contributed by atoms with Gasteiger partial charge in [-0.2, -0.15) is 0 Å². The number of rotatable bonds is 6. The minimum atomic E-state index is 0.127. The maximum absolute atomic E-state index is 12.1. The maximum Gasteiger partial charge on any atom is 0.239 e. The Kier molecular flexibility index (Phi) is 5.27. The summed E-state index contributed by atoms with van der Waals surface area (Å²) in [6, 6.07) is 8.11. The van der Waals surface area contributed by atoms with E-state index in [1.54, 1.807) is 0 Å². The van der Waals surface area contributed by atoms with Crippen LogP contribution in [0.5, 0.6) is 0 Å². The van der Waals surface area contributed by atoms with Gasteiger partial charge in [-0.15, -0.1) is 0 Å². The second-order valence-corrected chi connectivity index (χ2v) is 5.56. The third kappa shape index (κ3) is 4.15. The van der Waals surface area contributed by atoms with Gasteiger partial charge in [-0.1, -0.05) is 19.8 Å². The minimum Gasteiger partial charge on any atom is -0.399 e. The van der Waals surface area contributed by atoms with Gasteiger partial charge in [-0.3, -0.25) is 4.79 Å². The van der Waals surface area contributed by atoms with E-state index in [0.29, 0.717) is 12.6 Å². The molecule has 0 saturated heterocycles. The van der Waals surface area contributed by atoms with Gasteiger partial charge in [-0.25, -0.2) is 0 Å². The number of hydrogen-bond acceptors (Lipinski definition) is 3. The topological polar surface area (TPSA) is 58.4 Å². The predicted molar refractivity (Wildman–Crippen MR) is 83.8 cm³/mol. The first-order chi connectivity index (χ1) is 9.69. The SMILES string of the molecule is CCCN(CC(=O)NC1CCCC1)c1ccc(N)cc1. The Labute approximate surface area is 121 Å². The molecule has 1 saturated carbocycles. The van der Waals surface area contributed by atoms with E-state index in [2.05, 4.69) is 17.1 Å². The number of nitrogens with two attached hydrogens (primary N) is 1. The van der Waals surface area contributed by atoms with E-state index < -0.39 is 0 Å². The van der Waals surface area contributed by atoms with E-state index in [1.807, 2.05) is 24.3 Å².